The predicted molar refractivity (Wildman–Crippen MR) is 92.4 cm³/mol. The third-order valence-electron chi connectivity index (χ3n) is 4.66. The number of hydrogen-bond acceptors (Lipinski definition) is 2. The van der Waals surface area contributed by atoms with E-state index in [2.05, 4.69) is 4.72 Å². The van der Waals surface area contributed by atoms with Crippen LogP contribution in [0.5, 0.6) is 0 Å². The molecule has 0 bridgehead atoms. The molecule has 25 heavy (non-hydrogen) atoms. The number of benzene rings is 2. The fourth-order valence-corrected chi connectivity index (χ4v) is 4.46. The second kappa shape index (κ2) is 6.37. The van der Waals surface area contributed by atoms with Crippen molar-refractivity contribution in [1.82, 2.24) is 0 Å². The Balaban J connectivity index is 2.48. The van der Waals surface area contributed by atoms with Crippen LogP contribution in [0.15, 0.2) is 29.2 Å². The number of sulfonamides is 1. The molecule has 0 atom stereocenters. The van der Waals surface area contributed by atoms with Crippen molar-refractivity contribution in [3.8, 4) is 0 Å². The minimum Gasteiger partial charge on any atom is -0.280 e. The summed E-state index contributed by atoms with van der Waals surface area (Å²) < 4.78 is 65.8. The van der Waals surface area contributed by atoms with Gasteiger partial charge in [0.25, 0.3) is 10.0 Å². The quantitative estimate of drug-likeness (QED) is 0.821. The van der Waals surface area contributed by atoms with Gasteiger partial charge in [0.2, 0.25) is 0 Å². The lowest BCUT2D eigenvalue weighted by Gasteiger charge is -2.19. The van der Waals surface area contributed by atoms with Crippen molar-refractivity contribution in [3.63, 3.8) is 0 Å². The molecular weight excluding hydrogens is 351 g/mol. The van der Waals surface area contributed by atoms with Crippen LogP contribution in [0.3, 0.4) is 0 Å². The zero-order valence-electron chi connectivity index (χ0n) is 14.7. The molecule has 0 aliphatic heterocycles. The second-order valence-corrected chi connectivity index (χ2v) is 7.75. The summed E-state index contributed by atoms with van der Waals surface area (Å²) in [6.07, 6.45) is -4.46. The van der Waals surface area contributed by atoms with E-state index in [9.17, 15) is 21.6 Å². The maximum atomic E-state index is 12.8. The summed E-state index contributed by atoms with van der Waals surface area (Å²) in [6, 6.07) is 3.92. The summed E-state index contributed by atoms with van der Waals surface area (Å²) in [5.74, 6) is 0. The molecule has 0 aliphatic rings. The van der Waals surface area contributed by atoms with E-state index >= 15 is 0 Å². The van der Waals surface area contributed by atoms with Crippen LogP contribution >= 0.6 is 0 Å². The summed E-state index contributed by atoms with van der Waals surface area (Å²) >= 11 is 0. The van der Waals surface area contributed by atoms with Gasteiger partial charge in [-0.3, -0.25) is 4.72 Å². The third kappa shape index (κ3) is 3.66. The van der Waals surface area contributed by atoms with Crippen LogP contribution in [0.25, 0.3) is 0 Å². The molecule has 0 radical (unpaired) electrons. The van der Waals surface area contributed by atoms with Gasteiger partial charge in [0.15, 0.2) is 0 Å². The largest absolute Gasteiger partial charge is 0.416 e. The van der Waals surface area contributed by atoms with Crippen LogP contribution in [-0.2, 0) is 16.2 Å². The van der Waals surface area contributed by atoms with E-state index < -0.39 is 21.8 Å². The van der Waals surface area contributed by atoms with Crippen LogP contribution in [0.1, 0.15) is 33.4 Å². The lowest BCUT2D eigenvalue weighted by Crippen LogP contribution is -2.18. The first kappa shape index (κ1) is 19.3. The highest BCUT2D eigenvalue weighted by Crippen LogP contribution is 2.32. The number of halogens is 3. The Labute approximate surface area is 145 Å². The van der Waals surface area contributed by atoms with Crippen LogP contribution in [0.2, 0.25) is 0 Å². The fourth-order valence-electron chi connectivity index (χ4n) is 2.80. The van der Waals surface area contributed by atoms with E-state index in [4.69, 9.17) is 0 Å². The summed E-state index contributed by atoms with van der Waals surface area (Å²) in [5.41, 5.74) is 3.34. The lowest BCUT2D eigenvalue weighted by atomic mass is 9.95. The SMILES string of the molecule is Cc1c(C)c(C)c(S(=O)(=O)Nc2ccc(C(F)(F)F)cc2)c(C)c1C. The predicted octanol–water partition coefficient (Wildman–Crippen LogP) is 5.05. The lowest BCUT2D eigenvalue weighted by molar-refractivity contribution is -0.137. The van der Waals surface area contributed by atoms with Crippen LogP contribution in [0.4, 0.5) is 18.9 Å². The van der Waals surface area contributed by atoms with E-state index in [1.807, 2.05) is 20.8 Å². The van der Waals surface area contributed by atoms with E-state index in [1.165, 1.54) is 0 Å². The molecule has 0 fully saturated rings. The van der Waals surface area contributed by atoms with Gasteiger partial charge >= 0.3 is 6.18 Å². The molecule has 0 heterocycles. The van der Waals surface area contributed by atoms with Crippen molar-refractivity contribution < 1.29 is 21.6 Å². The Bertz CT molecular complexity index is 886. The maximum absolute atomic E-state index is 12.8. The Morgan fingerprint density at radius 2 is 1.16 bits per heavy atom. The van der Waals surface area contributed by atoms with Gasteiger partial charge in [-0.1, -0.05) is 0 Å². The Morgan fingerprint density at radius 1 is 0.760 bits per heavy atom. The normalized spacial score (nSPS) is 12.3. The molecular formula is C18H20F3NO2S. The van der Waals surface area contributed by atoms with E-state index in [0.29, 0.717) is 11.1 Å². The standard InChI is InChI=1S/C18H20F3NO2S/c1-10-11(2)13(4)17(14(5)12(10)3)25(23,24)22-16-8-6-15(7-9-16)18(19,20)21/h6-9,22H,1-5H3. The van der Waals surface area contributed by atoms with Crippen molar-refractivity contribution in [2.45, 2.75) is 45.7 Å². The number of alkyl halides is 3. The smallest absolute Gasteiger partial charge is 0.280 e. The van der Waals surface area contributed by atoms with E-state index in [1.54, 1.807) is 13.8 Å². The summed E-state index contributed by atoms with van der Waals surface area (Å²) in [7, 11) is -3.92. The summed E-state index contributed by atoms with van der Waals surface area (Å²) in [4.78, 5) is 0.174. The molecule has 0 amide bonds. The highest BCUT2D eigenvalue weighted by Gasteiger charge is 2.30. The molecule has 0 spiro atoms. The molecule has 1 N–H and O–H groups in total. The molecule has 0 aromatic heterocycles. The molecule has 2 aromatic carbocycles. The number of rotatable bonds is 3. The monoisotopic (exact) mass is 371 g/mol. The zero-order chi connectivity index (χ0) is 19.2. The van der Waals surface area contributed by atoms with Gasteiger partial charge in [0.05, 0.1) is 10.5 Å². The van der Waals surface area contributed by atoms with Gasteiger partial charge in [0, 0.05) is 5.69 Å². The molecule has 136 valence electrons. The molecule has 2 aromatic rings. The first-order valence-corrected chi connectivity index (χ1v) is 9.11. The van der Waals surface area contributed by atoms with Gasteiger partial charge in [0.1, 0.15) is 0 Å². The third-order valence-corrected chi connectivity index (χ3v) is 6.32. The maximum Gasteiger partial charge on any atom is 0.416 e. The van der Waals surface area contributed by atoms with Crippen LogP contribution < -0.4 is 4.72 Å². The Hall–Kier alpha value is -2.02. The highest BCUT2D eigenvalue weighted by atomic mass is 32.2. The minimum atomic E-state index is -4.46. The van der Waals surface area contributed by atoms with Gasteiger partial charge in [-0.15, -0.1) is 0 Å². The average molecular weight is 371 g/mol. The zero-order valence-corrected chi connectivity index (χ0v) is 15.5. The average Bonchev–Trinajstić information content (AvgIpc) is 2.50. The van der Waals surface area contributed by atoms with Crippen molar-refractivity contribution in [1.29, 1.82) is 0 Å². The van der Waals surface area contributed by atoms with Gasteiger partial charge in [-0.05, 0) is 86.7 Å². The van der Waals surface area contributed by atoms with Crippen molar-refractivity contribution in [3.05, 3.63) is 57.6 Å². The molecule has 3 nitrogen and oxygen atoms in total. The molecule has 0 saturated carbocycles. The number of anilines is 1. The topological polar surface area (TPSA) is 46.2 Å². The molecule has 0 unspecified atom stereocenters. The van der Waals surface area contributed by atoms with Gasteiger partial charge in [-0.2, -0.15) is 13.2 Å². The van der Waals surface area contributed by atoms with Crippen LogP contribution in [-0.4, -0.2) is 8.42 Å². The van der Waals surface area contributed by atoms with E-state index in [0.717, 1.165) is 41.0 Å². The minimum absolute atomic E-state index is 0.0858. The molecule has 0 aliphatic carbocycles. The second-order valence-electron chi connectivity index (χ2n) is 6.13. The first-order chi connectivity index (χ1) is 11.4. The highest BCUT2D eigenvalue weighted by molar-refractivity contribution is 7.92. The first-order valence-electron chi connectivity index (χ1n) is 7.63. The number of hydrogen-bond donors (Lipinski definition) is 1. The fraction of sp³-hybridized carbons (Fsp3) is 0.333. The molecule has 0 saturated heterocycles. The van der Waals surface area contributed by atoms with Crippen molar-refractivity contribution >= 4 is 15.7 Å². The van der Waals surface area contributed by atoms with E-state index in [-0.39, 0.29) is 10.6 Å². The number of nitrogens with one attached hydrogen (secondary N) is 1. The summed E-state index contributed by atoms with van der Waals surface area (Å²) in [5, 5.41) is 0. The Kier molecular flexibility index (Phi) is 4.92. The Morgan fingerprint density at radius 3 is 1.56 bits per heavy atom. The van der Waals surface area contributed by atoms with Gasteiger partial charge < -0.3 is 0 Å². The van der Waals surface area contributed by atoms with Crippen molar-refractivity contribution in [2.24, 2.45) is 0 Å². The van der Waals surface area contributed by atoms with Crippen LogP contribution in [0, 0.1) is 34.6 Å². The van der Waals surface area contributed by atoms with Crippen molar-refractivity contribution in [2.75, 3.05) is 4.72 Å². The molecule has 2 rings (SSSR count). The molecule has 7 heteroatoms. The van der Waals surface area contributed by atoms with Gasteiger partial charge in [-0.25, -0.2) is 8.42 Å². The summed E-state index contributed by atoms with van der Waals surface area (Å²) in [6.45, 7) is 9.11.